The Bertz CT molecular complexity index is 1000. The van der Waals surface area contributed by atoms with E-state index in [2.05, 4.69) is 21.0 Å². The third kappa shape index (κ3) is 3.61. The van der Waals surface area contributed by atoms with Gasteiger partial charge in [0.2, 0.25) is 0 Å². The number of allylic oxidation sites excluding steroid dienone is 3. The lowest BCUT2D eigenvalue weighted by molar-refractivity contribution is -0.00605. The minimum Gasteiger partial charge on any atom is -0.373 e. The van der Waals surface area contributed by atoms with E-state index in [0.717, 1.165) is 35.4 Å². The van der Waals surface area contributed by atoms with Gasteiger partial charge in [0.25, 0.3) is 11.8 Å². The number of halogens is 2. The van der Waals surface area contributed by atoms with E-state index in [4.69, 9.17) is 5.73 Å². The van der Waals surface area contributed by atoms with Crippen molar-refractivity contribution in [2.24, 2.45) is 5.73 Å². The molecule has 0 bridgehead atoms. The molecule has 1 saturated heterocycles. The Kier molecular flexibility index (Phi) is 4.84. The van der Waals surface area contributed by atoms with Crippen molar-refractivity contribution < 1.29 is 13.6 Å². The van der Waals surface area contributed by atoms with Crippen LogP contribution in [-0.2, 0) is 0 Å². The first-order chi connectivity index (χ1) is 13.8. The number of likely N-dealkylation sites (N-methyl/N-ethyl adjacent to an activating group) is 1. The van der Waals surface area contributed by atoms with Gasteiger partial charge in [0.05, 0.1) is 17.1 Å². The number of carbonyl (C=O) groups is 1. The van der Waals surface area contributed by atoms with Gasteiger partial charge in [-0.1, -0.05) is 12.2 Å². The molecular formula is C22H26F2N4O. The summed E-state index contributed by atoms with van der Waals surface area (Å²) in [5.41, 5.74) is 9.30. The number of hydrogen-bond acceptors (Lipinski definition) is 3. The van der Waals surface area contributed by atoms with Gasteiger partial charge in [0, 0.05) is 49.7 Å². The van der Waals surface area contributed by atoms with E-state index in [9.17, 15) is 13.6 Å². The number of fused-ring (bicyclic) bond motifs is 1. The van der Waals surface area contributed by atoms with E-state index in [1.165, 1.54) is 0 Å². The second-order valence-corrected chi connectivity index (χ2v) is 7.96. The predicted octanol–water partition coefficient (Wildman–Crippen LogP) is 4.12. The zero-order valence-electron chi connectivity index (χ0n) is 16.7. The number of aromatic amines is 1. The number of carbonyl (C=O) groups excluding carboxylic acids is 1. The molecule has 1 amide bonds. The van der Waals surface area contributed by atoms with Gasteiger partial charge >= 0.3 is 0 Å². The Morgan fingerprint density at radius 1 is 1.38 bits per heavy atom. The number of rotatable bonds is 5. The van der Waals surface area contributed by atoms with Gasteiger partial charge in [0.1, 0.15) is 0 Å². The summed E-state index contributed by atoms with van der Waals surface area (Å²) in [6.45, 7) is 3.86. The maximum absolute atomic E-state index is 13.5. The van der Waals surface area contributed by atoms with Crippen LogP contribution in [0.5, 0.6) is 0 Å². The molecule has 4 rings (SSSR count). The third-order valence-electron chi connectivity index (χ3n) is 5.97. The first-order valence-electron chi connectivity index (χ1n) is 9.91. The number of benzene rings is 1. The second-order valence-electron chi connectivity index (χ2n) is 7.96. The highest BCUT2D eigenvalue weighted by molar-refractivity contribution is 6.09. The number of nitrogens with two attached hydrogens (primary N) is 1. The van der Waals surface area contributed by atoms with Crippen molar-refractivity contribution in [2.45, 2.75) is 38.2 Å². The van der Waals surface area contributed by atoms with E-state index in [-0.39, 0.29) is 12.8 Å². The topological polar surface area (TPSA) is 65.4 Å². The Hall–Kier alpha value is -2.83. The molecule has 1 aromatic heterocycles. The fourth-order valence-corrected chi connectivity index (χ4v) is 4.19. The van der Waals surface area contributed by atoms with E-state index < -0.39 is 11.8 Å². The van der Waals surface area contributed by atoms with Crippen LogP contribution in [0.2, 0.25) is 0 Å². The number of anilines is 1. The van der Waals surface area contributed by atoms with Gasteiger partial charge in [0.15, 0.2) is 0 Å². The number of primary amides is 1. The fraction of sp³-hybridized carbons (Fsp3) is 0.409. The largest absolute Gasteiger partial charge is 0.373 e. The number of alkyl halides is 2. The monoisotopic (exact) mass is 400 g/mol. The van der Waals surface area contributed by atoms with Gasteiger partial charge in [-0.25, -0.2) is 8.78 Å². The SMILES string of the molecule is CC=CN1CC(N(C)c2ccc(C(N)=O)c3[nH]c(C4=CCC(F)(F)CC4)cc23)C1. The molecule has 1 fully saturated rings. The predicted molar refractivity (Wildman–Crippen MR) is 112 cm³/mol. The molecule has 2 heterocycles. The van der Waals surface area contributed by atoms with Crippen LogP contribution in [0.25, 0.3) is 16.5 Å². The smallest absolute Gasteiger partial charge is 0.251 e. The first kappa shape index (κ1) is 19.5. The molecule has 0 unspecified atom stereocenters. The van der Waals surface area contributed by atoms with Crippen LogP contribution in [0.4, 0.5) is 14.5 Å². The van der Waals surface area contributed by atoms with E-state index in [1.807, 2.05) is 32.2 Å². The van der Waals surface area contributed by atoms with Crippen molar-refractivity contribution in [1.82, 2.24) is 9.88 Å². The van der Waals surface area contributed by atoms with Crippen LogP contribution in [0.15, 0.2) is 36.6 Å². The van der Waals surface area contributed by atoms with Gasteiger partial charge in [-0.05, 0) is 43.3 Å². The summed E-state index contributed by atoms with van der Waals surface area (Å²) in [6.07, 6.45) is 5.59. The minimum absolute atomic E-state index is 0.160. The first-order valence-corrected chi connectivity index (χ1v) is 9.91. The van der Waals surface area contributed by atoms with Crippen molar-refractivity contribution in [1.29, 1.82) is 0 Å². The molecule has 29 heavy (non-hydrogen) atoms. The number of H-pyrrole nitrogens is 1. The van der Waals surface area contributed by atoms with Crippen molar-refractivity contribution in [2.75, 3.05) is 25.0 Å². The van der Waals surface area contributed by atoms with E-state index in [0.29, 0.717) is 23.5 Å². The van der Waals surface area contributed by atoms with Crippen LogP contribution in [-0.4, -0.2) is 47.9 Å². The lowest BCUT2D eigenvalue weighted by atomic mass is 9.94. The van der Waals surface area contributed by atoms with Gasteiger partial charge < -0.3 is 20.5 Å². The number of aromatic nitrogens is 1. The molecule has 7 heteroatoms. The van der Waals surface area contributed by atoms with Gasteiger partial charge in [-0.3, -0.25) is 4.79 Å². The summed E-state index contributed by atoms with van der Waals surface area (Å²) in [5, 5.41) is 0.890. The molecule has 1 aromatic carbocycles. The fourth-order valence-electron chi connectivity index (χ4n) is 4.19. The molecule has 0 radical (unpaired) electrons. The highest BCUT2D eigenvalue weighted by Gasteiger charge is 2.32. The summed E-state index contributed by atoms with van der Waals surface area (Å²) in [7, 11) is 2.05. The normalized spacial score (nSPS) is 19.4. The number of amides is 1. The average Bonchev–Trinajstić information content (AvgIpc) is 3.07. The van der Waals surface area contributed by atoms with Crippen LogP contribution < -0.4 is 10.6 Å². The summed E-state index contributed by atoms with van der Waals surface area (Å²) >= 11 is 0. The van der Waals surface area contributed by atoms with Crippen LogP contribution >= 0.6 is 0 Å². The highest BCUT2D eigenvalue weighted by Crippen LogP contribution is 2.39. The molecular weight excluding hydrogens is 374 g/mol. The standard InChI is InChI=1S/C22H26F2N4O/c1-3-10-28-12-15(13-28)27(2)19-5-4-16(21(25)29)20-17(19)11-18(26-20)14-6-8-22(23,24)9-7-14/h3-6,10-11,15,26H,7-9,12-13H2,1-2H3,(H2,25,29). The van der Waals surface area contributed by atoms with Crippen LogP contribution in [0.1, 0.15) is 42.2 Å². The molecule has 0 saturated carbocycles. The van der Waals surface area contributed by atoms with E-state index >= 15 is 0 Å². The zero-order chi connectivity index (χ0) is 20.8. The number of nitrogens with one attached hydrogen (secondary N) is 1. The lowest BCUT2D eigenvalue weighted by Crippen LogP contribution is -2.56. The quantitative estimate of drug-likeness (QED) is 0.793. The van der Waals surface area contributed by atoms with Crippen LogP contribution in [0, 0.1) is 0 Å². The second kappa shape index (κ2) is 7.21. The maximum atomic E-state index is 13.5. The molecule has 1 aliphatic heterocycles. The van der Waals surface area contributed by atoms with Crippen molar-refractivity contribution in [3.05, 3.63) is 47.8 Å². The maximum Gasteiger partial charge on any atom is 0.251 e. The molecule has 3 N–H and O–H groups in total. The highest BCUT2D eigenvalue weighted by atomic mass is 19.3. The summed E-state index contributed by atoms with van der Waals surface area (Å²) in [4.78, 5) is 19.7. The number of hydrogen-bond donors (Lipinski definition) is 2. The van der Waals surface area contributed by atoms with Crippen molar-refractivity contribution in [3.8, 4) is 0 Å². The average molecular weight is 400 g/mol. The van der Waals surface area contributed by atoms with Gasteiger partial charge in [-0.15, -0.1) is 0 Å². The Labute approximate surface area is 168 Å². The molecule has 2 aromatic rings. The molecule has 0 spiro atoms. The summed E-state index contributed by atoms with van der Waals surface area (Å²) in [6, 6.07) is 5.98. The summed E-state index contributed by atoms with van der Waals surface area (Å²) < 4.78 is 27.1. The van der Waals surface area contributed by atoms with Gasteiger partial charge in [-0.2, -0.15) is 0 Å². The summed E-state index contributed by atoms with van der Waals surface area (Å²) in [5.74, 6) is -3.15. The molecule has 0 atom stereocenters. The molecule has 2 aliphatic rings. The number of likely N-dealkylation sites (tertiary alicyclic amines) is 1. The van der Waals surface area contributed by atoms with Crippen LogP contribution in [0.3, 0.4) is 0 Å². The molecule has 1 aliphatic carbocycles. The lowest BCUT2D eigenvalue weighted by Gasteiger charge is -2.44. The zero-order valence-corrected chi connectivity index (χ0v) is 16.7. The minimum atomic E-state index is -2.64. The Morgan fingerprint density at radius 3 is 2.76 bits per heavy atom. The molecule has 154 valence electrons. The van der Waals surface area contributed by atoms with Crippen molar-refractivity contribution in [3.63, 3.8) is 0 Å². The van der Waals surface area contributed by atoms with E-state index in [1.54, 1.807) is 12.1 Å². The number of nitrogens with zero attached hydrogens (tertiary/aromatic N) is 2. The Morgan fingerprint density at radius 2 is 2.14 bits per heavy atom. The third-order valence-corrected chi connectivity index (χ3v) is 5.97. The molecule has 5 nitrogen and oxygen atoms in total. The van der Waals surface area contributed by atoms with Crippen molar-refractivity contribution >= 4 is 28.1 Å². The Balaban J connectivity index is 1.71.